The van der Waals surface area contributed by atoms with Gasteiger partial charge in [-0.15, -0.1) is 0 Å². The second-order valence-electron chi connectivity index (χ2n) is 6.97. The second-order valence-corrected chi connectivity index (χ2v) is 7.38. The van der Waals surface area contributed by atoms with Crippen LogP contribution in [0.25, 0.3) is 11.4 Å². The van der Waals surface area contributed by atoms with E-state index in [-0.39, 0.29) is 5.91 Å². The van der Waals surface area contributed by atoms with Gasteiger partial charge in [0, 0.05) is 29.9 Å². The van der Waals surface area contributed by atoms with E-state index < -0.39 is 0 Å². The summed E-state index contributed by atoms with van der Waals surface area (Å²) in [6.45, 7) is 3.63. The smallest absolute Gasteiger partial charge is 0.246 e. The fourth-order valence-electron chi connectivity index (χ4n) is 3.29. The minimum Gasteiger partial charge on any atom is -0.494 e. The summed E-state index contributed by atoms with van der Waals surface area (Å²) < 4.78 is 10.7. The van der Waals surface area contributed by atoms with Gasteiger partial charge in [-0.25, -0.2) is 0 Å². The minimum atomic E-state index is 0.169. The molecule has 1 amide bonds. The molecular weight excluding hydrogens is 414 g/mol. The van der Waals surface area contributed by atoms with Crippen LogP contribution in [0.3, 0.4) is 0 Å². The van der Waals surface area contributed by atoms with Crippen molar-refractivity contribution >= 4 is 34.6 Å². The van der Waals surface area contributed by atoms with Crippen LogP contribution in [-0.4, -0.2) is 34.3 Å². The molecule has 9 heteroatoms. The van der Waals surface area contributed by atoms with E-state index >= 15 is 0 Å². The molecule has 2 heterocycles. The zero-order chi connectivity index (χ0) is 21.6. The van der Waals surface area contributed by atoms with Crippen molar-refractivity contribution in [3.05, 3.63) is 54.4 Å². The normalized spacial score (nSPS) is 13.3. The molecule has 1 aromatic heterocycles. The number of carbonyl (C=O) groups is 1. The SMILES string of the molecule is CCOc1ccc(-c2noc(CNC(=S)Nc3ccc(N4CCCC4=O)cc3)n2)cc1. The van der Waals surface area contributed by atoms with Crippen molar-refractivity contribution in [3.8, 4) is 17.1 Å². The summed E-state index contributed by atoms with van der Waals surface area (Å²) in [6.07, 6.45) is 1.52. The Morgan fingerprint density at radius 3 is 2.65 bits per heavy atom. The average molecular weight is 438 g/mol. The van der Waals surface area contributed by atoms with E-state index in [9.17, 15) is 4.79 Å². The van der Waals surface area contributed by atoms with Crippen LogP contribution in [0.1, 0.15) is 25.7 Å². The van der Waals surface area contributed by atoms with Gasteiger partial charge in [0.1, 0.15) is 5.75 Å². The lowest BCUT2D eigenvalue weighted by molar-refractivity contribution is -0.117. The lowest BCUT2D eigenvalue weighted by Crippen LogP contribution is -2.28. The van der Waals surface area contributed by atoms with Crippen LogP contribution in [0.15, 0.2) is 53.1 Å². The first kappa shape index (κ1) is 20.8. The van der Waals surface area contributed by atoms with E-state index in [0.29, 0.717) is 36.4 Å². The van der Waals surface area contributed by atoms with E-state index in [0.717, 1.165) is 35.7 Å². The number of hydrogen-bond acceptors (Lipinski definition) is 6. The molecule has 0 saturated carbocycles. The zero-order valence-electron chi connectivity index (χ0n) is 17.1. The number of anilines is 2. The number of benzene rings is 2. The number of rotatable bonds is 7. The van der Waals surface area contributed by atoms with Crippen LogP contribution in [0, 0.1) is 0 Å². The Bertz CT molecular complexity index is 1050. The number of ether oxygens (including phenoxy) is 1. The number of thiocarbonyl (C=S) groups is 1. The van der Waals surface area contributed by atoms with Gasteiger partial charge in [0.15, 0.2) is 5.11 Å². The highest BCUT2D eigenvalue weighted by Crippen LogP contribution is 2.23. The van der Waals surface area contributed by atoms with Gasteiger partial charge < -0.3 is 24.8 Å². The lowest BCUT2D eigenvalue weighted by atomic mass is 10.2. The monoisotopic (exact) mass is 437 g/mol. The molecule has 0 bridgehead atoms. The lowest BCUT2D eigenvalue weighted by Gasteiger charge is -2.16. The molecule has 0 unspecified atom stereocenters. The van der Waals surface area contributed by atoms with Gasteiger partial charge in [-0.05, 0) is 74.1 Å². The van der Waals surface area contributed by atoms with Crippen molar-refractivity contribution < 1.29 is 14.1 Å². The van der Waals surface area contributed by atoms with Crippen molar-refractivity contribution in [3.63, 3.8) is 0 Å². The van der Waals surface area contributed by atoms with Gasteiger partial charge in [-0.1, -0.05) is 5.16 Å². The number of carbonyl (C=O) groups excluding carboxylic acids is 1. The van der Waals surface area contributed by atoms with Gasteiger partial charge in [-0.2, -0.15) is 4.98 Å². The molecule has 4 rings (SSSR count). The van der Waals surface area contributed by atoms with Crippen LogP contribution in [0.5, 0.6) is 5.75 Å². The van der Waals surface area contributed by atoms with Gasteiger partial charge in [-0.3, -0.25) is 4.79 Å². The van der Waals surface area contributed by atoms with Crippen LogP contribution >= 0.6 is 12.2 Å². The van der Waals surface area contributed by atoms with Crippen LogP contribution < -0.4 is 20.3 Å². The number of nitrogens with one attached hydrogen (secondary N) is 2. The molecular formula is C22H23N5O3S. The first-order valence-corrected chi connectivity index (χ1v) is 10.5. The Labute approximate surface area is 185 Å². The topological polar surface area (TPSA) is 92.5 Å². The summed E-state index contributed by atoms with van der Waals surface area (Å²) in [4.78, 5) is 18.0. The Kier molecular flexibility index (Phi) is 6.42. The number of hydrogen-bond donors (Lipinski definition) is 2. The summed E-state index contributed by atoms with van der Waals surface area (Å²) in [5, 5.41) is 10.6. The van der Waals surface area contributed by atoms with Crippen molar-refractivity contribution in [2.75, 3.05) is 23.4 Å². The highest BCUT2D eigenvalue weighted by Gasteiger charge is 2.21. The van der Waals surface area contributed by atoms with E-state index in [4.69, 9.17) is 21.5 Å². The van der Waals surface area contributed by atoms with Gasteiger partial charge in [0.05, 0.1) is 13.2 Å². The van der Waals surface area contributed by atoms with Crippen LogP contribution in [0.2, 0.25) is 0 Å². The maximum atomic E-state index is 11.8. The van der Waals surface area contributed by atoms with Gasteiger partial charge in [0.2, 0.25) is 17.6 Å². The predicted octanol–water partition coefficient (Wildman–Crippen LogP) is 3.75. The molecule has 2 N–H and O–H groups in total. The molecule has 1 saturated heterocycles. The molecule has 0 radical (unpaired) electrons. The zero-order valence-corrected chi connectivity index (χ0v) is 17.9. The number of nitrogens with zero attached hydrogens (tertiary/aromatic N) is 3. The second kappa shape index (κ2) is 9.57. The fourth-order valence-corrected chi connectivity index (χ4v) is 3.48. The molecule has 0 atom stereocenters. The third-order valence-electron chi connectivity index (χ3n) is 4.80. The first-order chi connectivity index (χ1) is 15.1. The summed E-state index contributed by atoms with van der Waals surface area (Å²) >= 11 is 5.34. The Balaban J connectivity index is 1.28. The highest BCUT2D eigenvalue weighted by molar-refractivity contribution is 7.80. The predicted molar refractivity (Wildman–Crippen MR) is 122 cm³/mol. The largest absolute Gasteiger partial charge is 0.494 e. The molecule has 160 valence electrons. The summed E-state index contributed by atoms with van der Waals surface area (Å²) in [5.41, 5.74) is 2.57. The number of aromatic nitrogens is 2. The molecule has 1 fully saturated rings. The maximum absolute atomic E-state index is 11.8. The third-order valence-corrected chi connectivity index (χ3v) is 5.05. The summed E-state index contributed by atoms with van der Waals surface area (Å²) in [6, 6.07) is 15.1. The summed E-state index contributed by atoms with van der Waals surface area (Å²) in [5.74, 6) is 1.90. The van der Waals surface area contributed by atoms with Crippen molar-refractivity contribution in [1.29, 1.82) is 0 Å². The van der Waals surface area contributed by atoms with Gasteiger partial charge in [0.25, 0.3) is 0 Å². The maximum Gasteiger partial charge on any atom is 0.246 e. The Hall–Kier alpha value is -3.46. The first-order valence-electron chi connectivity index (χ1n) is 10.1. The molecule has 0 aliphatic carbocycles. The van der Waals surface area contributed by atoms with E-state index in [1.807, 2.05) is 55.5 Å². The Morgan fingerprint density at radius 1 is 1.19 bits per heavy atom. The quantitative estimate of drug-likeness (QED) is 0.540. The van der Waals surface area contributed by atoms with Crippen LogP contribution in [0.4, 0.5) is 11.4 Å². The van der Waals surface area contributed by atoms with E-state index in [2.05, 4.69) is 20.8 Å². The fraction of sp³-hybridized carbons (Fsp3) is 0.273. The average Bonchev–Trinajstić information content (AvgIpc) is 3.43. The minimum absolute atomic E-state index is 0.169. The van der Waals surface area contributed by atoms with Gasteiger partial charge >= 0.3 is 0 Å². The molecule has 8 nitrogen and oxygen atoms in total. The standard InChI is InChI=1S/C22H23N5O3S/c1-2-29-18-11-5-15(6-12-18)21-25-19(30-26-21)14-23-22(31)24-16-7-9-17(10-8-16)27-13-3-4-20(27)28/h5-12H,2-4,13-14H2,1H3,(H2,23,24,31). The summed E-state index contributed by atoms with van der Waals surface area (Å²) in [7, 11) is 0. The van der Waals surface area contributed by atoms with E-state index in [1.54, 1.807) is 4.90 Å². The molecule has 31 heavy (non-hydrogen) atoms. The molecule has 2 aromatic carbocycles. The molecule has 1 aliphatic heterocycles. The third kappa shape index (κ3) is 5.18. The molecule has 1 aliphatic rings. The number of amides is 1. The van der Waals surface area contributed by atoms with Crippen molar-refractivity contribution in [2.24, 2.45) is 0 Å². The van der Waals surface area contributed by atoms with Crippen molar-refractivity contribution in [1.82, 2.24) is 15.5 Å². The molecule has 3 aromatic rings. The van der Waals surface area contributed by atoms with Crippen molar-refractivity contribution in [2.45, 2.75) is 26.3 Å². The molecule has 0 spiro atoms. The Morgan fingerprint density at radius 2 is 1.97 bits per heavy atom. The van der Waals surface area contributed by atoms with E-state index in [1.165, 1.54) is 0 Å². The highest BCUT2D eigenvalue weighted by atomic mass is 32.1. The van der Waals surface area contributed by atoms with Crippen LogP contribution in [-0.2, 0) is 11.3 Å².